The Balaban J connectivity index is 1.77. The van der Waals surface area contributed by atoms with E-state index in [-0.39, 0.29) is 5.75 Å². The molecular weight excluding hydrogens is 456 g/mol. The summed E-state index contributed by atoms with van der Waals surface area (Å²) in [7, 11) is 0. The number of aromatic hydroxyl groups is 1. The van der Waals surface area contributed by atoms with Gasteiger partial charge in [0, 0.05) is 12.1 Å². The maximum atomic E-state index is 11.9. The van der Waals surface area contributed by atoms with E-state index in [1.165, 1.54) is 132 Å². The second-order valence-corrected chi connectivity index (χ2v) is 10.8. The van der Waals surface area contributed by atoms with Gasteiger partial charge in [0.15, 0.2) is 0 Å². The molecule has 0 aromatic heterocycles. The van der Waals surface area contributed by atoms with Gasteiger partial charge in [0.2, 0.25) is 0 Å². The van der Waals surface area contributed by atoms with Gasteiger partial charge >= 0.3 is 6.03 Å². The number of carbonyl (C=O) groups excluding carboxylic acids is 2. The molecule has 0 aliphatic rings. The number of nitrogens with one attached hydrogen (secondary N) is 2. The molecule has 0 radical (unpaired) electrons. The van der Waals surface area contributed by atoms with Gasteiger partial charge in [0.25, 0.3) is 5.91 Å². The number of benzene rings is 1. The summed E-state index contributed by atoms with van der Waals surface area (Å²) in [5.74, 6) is 2.30. The zero-order valence-electron chi connectivity index (χ0n) is 22.1. The minimum absolute atomic E-state index is 0.0877. The fraction of sp³-hybridized carbons (Fsp3) is 0.724. The zero-order chi connectivity index (χ0) is 25.4. The lowest BCUT2D eigenvalue weighted by Gasteiger charge is -2.07. The van der Waals surface area contributed by atoms with Crippen LogP contribution in [0.1, 0.15) is 126 Å². The zero-order valence-corrected chi connectivity index (χ0v) is 22.9. The van der Waals surface area contributed by atoms with Crippen LogP contribution in [0, 0.1) is 0 Å². The minimum Gasteiger partial charge on any atom is -0.508 e. The van der Waals surface area contributed by atoms with Gasteiger partial charge in [-0.25, -0.2) is 4.79 Å². The van der Waals surface area contributed by atoms with E-state index in [1.807, 2.05) is 0 Å². The molecule has 0 atom stereocenters. The molecule has 200 valence electrons. The third kappa shape index (κ3) is 19.2. The number of unbranched alkanes of at least 4 members (excludes halogenated alkanes) is 15. The molecule has 6 heteroatoms. The molecular formula is C29H50N2O3S. The number of phenols is 1. The lowest BCUT2D eigenvalue weighted by Crippen LogP contribution is -2.39. The summed E-state index contributed by atoms with van der Waals surface area (Å²) in [6.45, 7) is 2.85. The first-order chi connectivity index (χ1) is 17.1. The SMILES string of the molecule is CCCCCCCCCCSCCCCCCCCCCCNC(=O)NC(=O)c1ccc(O)cc1. The van der Waals surface area contributed by atoms with Crippen molar-refractivity contribution in [3.8, 4) is 5.75 Å². The van der Waals surface area contributed by atoms with E-state index in [9.17, 15) is 14.7 Å². The molecule has 3 N–H and O–H groups in total. The monoisotopic (exact) mass is 506 g/mol. The van der Waals surface area contributed by atoms with Crippen molar-refractivity contribution in [3.63, 3.8) is 0 Å². The second kappa shape index (κ2) is 22.8. The first-order valence-electron chi connectivity index (χ1n) is 14.1. The predicted octanol–water partition coefficient (Wildman–Crippen LogP) is 8.22. The van der Waals surface area contributed by atoms with Gasteiger partial charge in [-0.2, -0.15) is 11.8 Å². The molecule has 35 heavy (non-hydrogen) atoms. The number of rotatable bonds is 22. The van der Waals surface area contributed by atoms with E-state index >= 15 is 0 Å². The van der Waals surface area contributed by atoms with Gasteiger partial charge in [0.05, 0.1) is 0 Å². The number of thioether (sulfide) groups is 1. The Labute approximate surface area is 218 Å². The quantitative estimate of drug-likeness (QED) is 0.138. The summed E-state index contributed by atoms with van der Waals surface area (Å²) >= 11 is 2.15. The van der Waals surface area contributed by atoms with Crippen LogP contribution in [0.3, 0.4) is 0 Å². The Morgan fingerprint density at radius 3 is 1.66 bits per heavy atom. The molecule has 0 bridgehead atoms. The van der Waals surface area contributed by atoms with Gasteiger partial charge in [-0.15, -0.1) is 0 Å². The molecule has 1 aromatic rings. The van der Waals surface area contributed by atoms with Crippen molar-refractivity contribution in [3.05, 3.63) is 29.8 Å². The molecule has 0 unspecified atom stereocenters. The molecule has 0 saturated heterocycles. The smallest absolute Gasteiger partial charge is 0.321 e. The number of amides is 3. The third-order valence-electron chi connectivity index (χ3n) is 6.25. The topological polar surface area (TPSA) is 78.4 Å². The normalized spacial score (nSPS) is 10.9. The number of phenolic OH excluding ortho intramolecular Hbond substituents is 1. The average molecular weight is 507 g/mol. The van der Waals surface area contributed by atoms with Crippen LogP contribution in [0.2, 0.25) is 0 Å². The maximum Gasteiger partial charge on any atom is 0.321 e. The average Bonchev–Trinajstić information content (AvgIpc) is 2.85. The molecule has 0 saturated carbocycles. The highest BCUT2D eigenvalue weighted by Gasteiger charge is 2.09. The Morgan fingerprint density at radius 1 is 0.686 bits per heavy atom. The molecule has 0 fully saturated rings. The summed E-state index contributed by atoms with van der Waals surface area (Å²) in [4.78, 5) is 23.7. The van der Waals surface area contributed by atoms with Crippen molar-refractivity contribution < 1.29 is 14.7 Å². The van der Waals surface area contributed by atoms with Crippen LogP contribution in [0.15, 0.2) is 24.3 Å². The summed E-state index contributed by atoms with van der Waals surface area (Å²) in [6, 6.07) is 5.33. The molecule has 0 heterocycles. The maximum absolute atomic E-state index is 11.9. The molecule has 0 spiro atoms. The Kier molecular flexibility index (Phi) is 20.4. The number of hydrogen-bond donors (Lipinski definition) is 3. The number of hydrogen-bond acceptors (Lipinski definition) is 4. The molecule has 3 amide bonds. The highest BCUT2D eigenvalue weighted by molar-refractivity contribution is 7.99. The fourth-order valence-corrected chi connectivity index (χ4v) is 5.06. The molecule has 1 rings (SSSR count). The predicted molar refractivity (Wildman–Crippen MR) is 150 cm³/mol. The molecule has 1 aromatic carbocycles. The lowest BCUT2D eigenvalue weighted by molar-refractivity contribution is 0.0964. The van der Waals surface area contributed by atoms with E-state index in [1.54, 1.807) is 0 Å². The third-order valence-corrected chi connectivity index (χ3v) is 7.40. The van der Waals surface area contributed by atoms with Gasteiger partial charge in [-0.05, 0) is 55.0 Å². The van der Waals surface area contributed by atoms with Gasteiger partial charge in [-0.3, -0.25) is 10.1 Å². The minimum atomic E-state index is -0.473. The van der Waals surface area contributed by atoms with Gasteiger partial charge in [-0.1, -0.05) is 96.8 Å². The standard InChI is InChI=1S/C29H50N2O3S/c1-2-3-4-5-6-11-14-17-24-35-25-18-15-12-9-7-8-10-13-16-23-30-29(34)31-28(33)26-19-21-27(32)22-20-26/h19-22,32H,2-18,23-25H2,1H3,(H2,30,31,33,34). The summed E-state index contributed by atoms with van der Waals surface area (Å²) in [5, 5.41) is 14.3. The molecule has 0 aliphatic heterocycles. The van der Waals surface area contributed by atoms with Crippen molar-refractivity contribution in [1.29, 1.82) is 0 Å². The van der Waals surface area contributed by atoms with Crippen LogP contribution in [0.5, 0.6) is 5.75 Å². The Morgan fingerprint density at radius 2 is 1.14 bits per heavy atom. The summed E-state index contributed by atoms with van der Waals surface area (Å²) in [5.41, 5.74) is 0.343. The molecule has 0 aliphatic carbocycles. The second-order valence-electron chi connectivity index (χ2n) is 9.53. The van der Waals surface area contributed by atoms with Crippen LogP contribution >= 0.6 is 11.8 Å². The van der Waals surface area contributed by atoms with Gasteiger partial charge < -0.3 is 10.4 Å². The first-order valence-corrected chi connectivity index (χ1v) is 15.2. The van der Waals surface area contributed by atoms with Crippen molar-refractivity contribution in [1.82, 2.24) is 10.6 Å². The highest BCUT2D eigenvalue weighted by atomic mass is 32.2. The highest BCUT2D eigenvalue weighted by Crippen LogP contribution is 2.14. The van der Waals surface area contributed by atoms with Crippen LogP contribution in [0.25, 0.3) is 0 Å². The Hall–Kier alpha value is -1.69. The molecule has 5 nitrogen and oxygen atoms in total. The fourth-order valence-electron chi connectivity index (χ4n) is 4.04. The number of carbonyl (C=O) groups is 2. The van der Waals surface area contributed by atoms with Crippen LogP contribution in [0.4, 0.5) is 4.79 Å². The van der Waals surface area contributed by atoms with Crippen LogP contribution in [-0.4, -0.2) is 35.1 Å². The van der Waals surface area contributed by atoms with Gasteiger partial charge in [0.1, 0.15) is 5.75 Å². The van der Waals surface area contributed by atoms with Crippen molar-refractivity contribution in [2.24, 2.45) is 0 Å². The van der Waals surface area contributed by atoms with Crippen molar-refractivity contribution >= 4 is 23.7 Å². The summed E-state index contributed by atoms with van der Waals surface area (Å²) in [6.07, 6.45) is 22.5. The lowest BCUT2D eigenvalue weighted by atomic mass is 10.1. The largest absolute Gasteiger partial charge is 0.508 e. The van der Waals surface area contributed by atoms with Crippen LogP contribution in [-0.2, 0) is 0 Å². The van der Waals surface area contributed by atoms with E-state index in [0.29, 0.717) is 12.1 Å². The van der Waals surface area contributed by atoms with Crippen LogP contribution < -0.4 is 10.6 Å². The summed E-state index contributed by atoms with van der Waals surface area (Å²) < 4.78 is 0. The number of imide groups is 1. The van der Waals surface area contributed by atoms with E-state index < -0.39 is 11.9 Å². The van der Waals surface area contributed by atoms with Crippen molar-refractivity contribution in [2.45, 2.75) is 116 Å². The van der Waals surface area contributed by atoms with E-state index in [0.717, 1.165) is 12.8 Å². The van der Waals surface area contributed by atoms with Crippen molar-refractivity contribution in [2.75, 3.05) is 18.1 Å². The van der Waals surface area contributed by atoms with E-state index in [2.05, 4.69) is 29.3 Å². The number of urea groups is 1. The van der Waals surface area contributed by atoms with E-state index in [4.69, 9.17) is 0 Å². The first kappa shape index (κ1) is 31.3. The Bertz CT molecular complexity index is 652.